The second kappa shape index (κ2) is 6.88. The van der Waals surface area contributed by atoms with E-state index in [1.807, 2.05) is 12.1 Å². The molecule has 0 aliphatic carbocycles. The van der Waals surface area contributed by atoms with Crippen molar-refractivity contribution in [2.24, 2.45) is 5.92 Å². The molecule has 26 heavy (non-hydrogen) atoms. The smallest absolute Gasteiger partial charge is 0.354 e. The van der Waals surface area contributed by atoms with Crippen LogP contribution in [0.5, 0.6) is 0 Å². The fraction of sp³-hybridized carbons (Fsp3) is 0.400. The maximum atomic E-state index is 13.8. The Kier molecular flexibility index (Phi) is 4.93. The molecule has 0 bridgehead atoms. The highest BCUT2D eigenvalue weighted by atomic mass is 35.5. The Morgan fingerprint density at radius 3 is 2.73 bits per heavy atom. The summed E-state index contributed by atoms with van der Waals surface area (Å²) in [5.41, 5.74) is 1.61. The number of hydrogen-bond acceptors (Lipinski definition) is 3. The van der Waals surface area contributed by atoms with E-state index in [-0.39, 0.29) is 16.1 Å². The Hall–Kier alpha value is -2.14. The average molecular weight is 377 g/mol. The zero-order valence-corrected chi connectivity index (χ0v) is 15.8. The molecule has 6 heteroatoms. The van der Waals surface area contributed by atoms with E-state index in [0.29, 0.717) is 18.9 Å². The molecule has 3 rings (SSSR count). The van der Waals surface area contributed by atoms with Crippen LogP contribution in [0.15, 0.2) is 30.3 Å². The number of nitrogens with zero attached hydrogens (tertiary/aromatic N) is 2. The normalized spacial score (nSPS) is 19.1. The first-order valence-electron chi connectivity index (χ1n) is 8.63. The van der Waals surface area contributed by atoms with Crippen LogP contribution in [0, 0.1) is 11.7 Å². The van der Waals surface area contributed by atoms with Gasteiger partial charge in [-0.2, -0.15) is 0 Å². The van der Waals surface area contributed by atoms with Gasteiger partial charge in [0.2, 0.25) is 0 Å². The number of hydrogen-bond donors (Lipinski definition) is 1. The Morgan fingerprint density at radius 2 is 2.12 bits per heavy atom. The lowest BCUT2D eigenvalue weighted by atomic mass is 9.79. The summed E-state index contributed by atoms with van der Waals surface area (Å²) in [5, 5.41) is 9.38. The number of halogens is 2. The van der Waals surface area contributed by atoms with Gasteiger partial charge in [-0.25, -0.2) is 14.2 Å². The quantitative estimate of drug-likeness (QED) is 0.831. The molecule has 1 N–H and O–H groups in total. The SMILES string of the molecule is CC(C)CN1CC(C)(Cc2ccc(Cl)c(F)c2)c2ccc(C(=O)O)nc21. The van der Waals surface area contributed by atoms with Gasteiger partial charge in [0.05, 0.1) is 5.02 Å². The minimum Gasteiger partial charge on any atom is -0.477 e. The van der Waals surface area contributed by atoms with Crippen molar-refractivity contribution in [1.29, 1.82) is 0 Å². The lowest BCUT2D eigenvalue weighted by Crippen LogP contribution is -2.34. The number of aromatic nitrogens is 1. The summed E-state index contributed by atoms with van der Waals surface area (Å²) in [7, 11) is 0. The van der Waals surface area contributed by atoms with E-state index in [1.165, 1.54) is 6.07 Å². The lowest BCUT2D eigenvalue weighted by molar-refractivity contribution is 0.0690. The second-order valence-corrected chi connectivity index (χ2v) is 8.04. The van der Waals surface area contributed by atoms with Gasteiger partial charge in [-0.1, -0.05) is 44.5 Å². The molecule has 1 atom stereocenters. The zero-order chi connectivity index (χ0) is 19.1. The van der Waals surface area contributed by atoms with Gasteiger partial charge in [0.1, 0.15) is 11.6 Å². The Balaban J connectivity index is 2.00. The fourth-order valence-corrected chi connectivity index (χ4v) is 3.82. The molecule has 0 saturated carbocycles. The second-order valence-electron chi connectivity index (χ2n) is 7.63. The molecule has 0 spiro atoms. The van der Waals surface area contributed by atoms with Crippen molar-refractivity contribution < 1.29 is 14.3 Å². The molecule has 0 saturated heterocycles. The Bertz CT molecular complexity index is 856. The van der Waals surface area contributed by atoms with Crippen LogP contribution in [0.25, 0.3) is 0 Å². The standard InChI is InChI=1S/C20H22ClFN2O2/c1-12(2)10-24-11-20(3,9-13-4-6-15(21)16(22)8-13)14-5-7-17(19(25)26)23-18(14)24/h4-8,12H,9-11H2,1-3H3,(H,25,26). The highest BCUT2D eigenvalue weighted by Gasteiger charge is 2.40. The third-order valence-electron chi connectivity index (χ3n) is 4.75. The zero-order valence-electron chi connectivity index (χ0n) is 15.1. The molecule has 1 unspecified atom stereocenters. The number of carboxylic acids is 1. The van der Waals surface area contributed by atoms with Crippen molar-refractivity contribution in [2.45, 2.75) is 32.6 Å². The molecule has 1 aromatic heterocycles. The first-order chi connectivity index (χ1) is 12.2. The van der Waals surface area contributed by atoms with Crippen molar-refractivity contribution in [2.75, 3.05) is 18.0 Å². The van der Waals surface area contributed by atoms with Crippen molar-refractivity contribution in [1.82, 2.24) is 4.98 Å². The predicted molar refractivity (Wildman–Crippen MR) is 101 cm³/mol. The minimum absolute atomic E-state index is 0.0410. The summed E-state index contributed by atoms with van der Waals surface area (Å²) >= 11 is 5.79. The van der Waals surface area contributed by atoms with E-state index in [2.05, 4.69) is 30.7 Å². The van der Waals surface area contributed by atoms with Gasteiger partial charge in [-0.3, -0.25) is 0 Å². The summed E-state index contributed by atoms with van der Waals surface area (Å²) in [6.07, 6.45) is 0.622. The van der Waals surface area contributed by atoms with Crippen LogP contribution in [0.4, 0.5) is 10.2 Å². The van der Waals surface area contributed by atoms with E-state index in [1.54, 1.807) is 12.1 Å². The summed E-state index contributed by atoms with van der Waals surface area (Å²) in [6, 6.07) is 8.26. The van der Waals surface area contributed by atoms with Gasteiger partial charge in [0, 0.05) is 24.1 Å². The van der Waals surface area contributed by atoms with Crippen LogP contribution in [-0.2, 0) is 11.8 Å². The molecule has 1 aliphatic rings. The first kappa shape index (κ1) is 18.6. The molecule has 138 valence electrons. The molecular formula is C20H22ClFN2O2. The van der Waals surface area contributed by atoms with E-state index < -0.39 is 11.8 Å². The van der Waals surface area contributed by atoms with Crippen molar-refractivity contribution in [3.8, 4) is 0 Å². The maximum Gasteiger partial charge on any atom is 0.354 e. The van der Waals surface area contributed by atoms with Gasteiger partial charge in [-0.15, -0.1) is 0 Å². The molecule has 0 amide bonds. The van der Waals surface area contributed by atoms with Crippen LogP contribution in [0.1, 0.15) is 42.4 Å². The first-order valence-corrected chi connectivity index (χ1v) is 9.01. The lowest BCUT2D eigenvalue weighted by Gasteiger charge is -2.27. The Morgan fingerprint density at radius 1 is 1.38 bits per heavy atom. The number of rotatable bonds is 5. The van der Waals surface area contributed by atoms with Gasteiger partial charge in [0.15, 0.2) is 5.69 Å². The van der Waals surface area contributed by atoms with Crippen LogP contribution in [-0.4, -0.2) is 29.1 Å². The van der Waals surface area contributed by atoms with Crippen LogP contribution in [0.3, 0.4) is 0 Å². The average Bonchev–Trinajstić information content (AvgIpc) is 2.82. The van der Waals surface area contributed by atoms with Gasteiger partial charge in [-0.05, 0) is 36.1 Å². The van der Waals surface area contributed by atoms with Crippen LogP contribution < -0.4 is 4.90 Å². The number of anilines is 1. The molecule has 0 radical (unpaired) electrons. The highest BCUT2D eigenvalue weighted by molar-refractivity contribution is 6.30. The maximum absolute atomic E-state index is 13.8. The van der Waals surface area contributed by atoms with E-state index >= 15 is 0 Å². The fourth-order valence-electron chi connectivity index (χ4n) is 3.70. The third-order valence-corrected chi connectivity index (χ3v) is 5.05. The highest BCUT2D eigenvalue weighted by Crippen LogP contribution is 2.42. The number of aromatic carboxylic acids is 1. The van der Waals surface area contributed by atoms with E-state index in [4.69, 9.17) is 11.6 Å². The monoisotopic (exact) mass is 376 g/mol. The van der Waals surface area contributed by atoms with Gasteiger partial charge < -0.3 is 10.0 Å². The van der Waals surface area contributed by atoms with E-state index in [0.717, 1.165) is 23.5 Å². The summed E-state index contributed by atoms with van der Waals surface area (Å²) in [5.74, 6) is -0.334. The molecule has 2 aromatic rings. The number of fused-ring (bicyclic) bond motifs is 1. The molecule has 0 fully saturated rings. The van der Waals surface area contributed by atoms with Crippen molar-refractivity contribution in [3.05, 3.63) is 58.0 Å². The number of carbonyl (C=O) groups is 1. The summed E-state index contributed by atoms with van der Waals surface area (Å²) < 4.78 is 13.8. The van der Waals surface area contributed by atoms with Crippen LogP contribution >= 0.6 is 11.6 Å². The van der Waals surface area contributed by atoms with Crippen LogP contribution in [0.2, 0.25) is 5.02 Å². The third kappa shape index (κ3) is 3.54. The number of benzene rings is 1. The molecule has 4 nitrogen and oxygen atoms in total. The molecule has 1 aromatic carbocycles. The molecule has 2 heterocycles. The summed E-state index contributed by atoms with van der Waals surface area (Å²) in [6.45, 7) is 7.84. The molecule has 1 aliphatic heterocycles. The van der Waals surface area contributed by atoms with E-state index in [9.17, 15) is 14.3 Å². The number of carboxylic acid groups (broad SMARTS) is 1. The largest absolute Gasteiger partial charge is 0.477 e. The summed E-state index contributed by atoms with van der Waals surface area (Å²) in [4.78, 5) is 17.8. The van der Waals surface area contributed by atoms with Crippen molar-refractivity contribution >= 4 is 23.4 Å². The minimum atomic E-state index is -1.04. The van der Waals surface area contributed by atoms with Gasteiger partial charge in [0.25, 0.3) is 0 Å². The molecular weight excluding hydrogens is 355 g/mol. The Labute approximate surface area is 157 Å². The number of pyridine rings is 1. The van der Waals surface area contributed by atoms with Gasteiger partial charge >= 0.3 is 5.97 Å². The topological polar surface area (TPSA) is 53.4 Å². The van der Waals surface area contributed by atoms with Crippen molar-refractivity contribution in [3.63, 3.8) is 0 Å². The predicted octanol–water partition coefficient (Wildman–Crippen LogP) is 4.55.